The Balaban J connectivity index is 1.35. The van der Waals surface area contributed by atoms with E-state index in [-0.39, 0.29) is 17.4 Å². The summed E-state index contributed by atoms with van der Waals surface area (Å²) in [4.78, 5) is 30.1. The third-order valence-corrected chi connectivity index (χ3v) is 7.99. The van der Waals surface area contributed by atoms with E-state index in [1.807, 2.05) is 73.7 Å². The summed E-state index contributed by atoms with van der Waals surface area (Å²) in [6, 6.07) is 21.5. The number of Topliss-reactive ketones (excluding diaryl/α,β-unsaturated/α-hetero) is 1. The number of nitrogens with one attached hydrogen (secondary N) is 1. The van der Waals surface area contributed by atoms with Crippen LogP contribution in [-0.4, -0.2) is 67.2 Å². The van der Waals surface area contributed by atoms with Crippen molar-refractivity contribution < 1.29 is 33.8 Å². The Hall–Kier alpha value is -4.14. The molecule has 8 heteroatoms. The average Bonchev–Trinajstić information content (AvgIpc) is 3.49. The molecule has 2 saturated heterocycles. The number of fused-ring (bicyclic) bond motifs is 1. The zero-order chi connectivity index (χ0) is 28.3. The van der Waals surface area contributed by atoms with Gasteiger partial charge in [0.15, 0.2) is 0 Å². The van der Waals surface area contributed by atoms with Gasteiger partial charge in [-0.1, -0.05) is 30.3 Å². The van der Waals surface area contributed by atoms with Crippen LogP contribution in [0, 0.1) is 0 Å². The van der Waals surface area contributed by atoms with Crippen LogP contribution >= 0.6 is 0 Å². The first kappa shape index (κ1) is 27.1. The Kier molecular flexibility index (Phi) is 7.76. The van der Waals surface area contributed by atoms with Gasteiger partial charge in [-0.15, -0.1) is 0 Å². The number of ether oxygens (including phenoxy) is 3. The largest absolute Gasteiger partial charge is 0.507 e. The Morgan fingerprint density at radius 3 is 2.59 bits per heavy atom. The predicted molar refractivity (Wildman–Crippen MR) is 153 cm³/mol. The van der Waals surface area contributed by atoms with E-state index in [1.165, 1.54) is 4.90 Å². The number of carbonyl (C=O) groups excluding carboxylic acids is 2. The van der Waals surface area contributed by atoms with Crippen molar-refractivity contribution >= 4 is 17.4 Å². The quantitative estimate of drug-likeness (QED) is 0.251. The summed E-state index contributed by atoms with van der Waals surface area (Å²) in [5.41, 5.74) is 2.27. The van der Waals surface area contributed by atoms with Crippen molar-refractivity contribution in [2.24, 2.45) is 0 Å². The van der Waals surface area contributed by atoms with Gasteiger partial charge in [-0.3, -0.25) is 9.59 Å². The highest BCUT2D eigenvalue weighted by Crippen LogP contribution is 2.41. The second-order valence-electron chi connectivity index (χ2n) is 10.9. The fourth-order valence-electron chi connectivity index (χ4n) is 5.96. The highest BCUT2D eigenvalue weighted by Gasteiger charge is 2.46. The highest BCUT2D eigenvalue weighted by molar-refractivity contribution is 6.46. The summed E-state index contributed by atoms with van der Waals surface area (Å²) in [7, 11) is 0. The van der Waals surface area contributed by atoms with E-state index in [0.717, 1.165) is 57.0 Å². The van der Waals surface area contributed by atoms with E-state index in [0.29, 0.717) is 29.2 Å². The molecular weight excluding hydrogens is 520 g/mol. The average molecular weight is 556 g/mol. The first-order valence-corrected chi connectivity index (χ1v) is 14.3. The molecule has 2 N–H and O–H groups in total. The van der Waals surface area contributed by atoms with Crippen molar-refractivity contribution in [3.05, 3.63) is 95.1 Å². The first-order chi connectivity index (χ1) is 20.0. The number of aliphatic hydroxyl groups excluding tert-OH is 1. The molecule has 8 nitrogen and oxygen atoms in total. The number of morpholine rings is 1. The molecule has 3 aromatic rings. The Morgan fingerprint density at radius 2 is 1.78 bits per heavy atom. The smallest absolute Gasteiger partial charge is 0.295 e. The maximum Gasteiger partial charge on any atom is 0.295 e. The summed E-state index contributed by atoms with van der Waals surface area (Å²) in [6.07, 6.45) is 1.50. The van der Waals surface area contributed by atoms with Crippen LogP contribution in [0.25, 0.3) is 5.76 Å². The van der Waals surface area contributed by atoms with Gasteiger partial charge in [-0.05, 0) is 60.5 Å². The number of amides is 1. The topological polar surface area (TPSA) is 89.7 Å². The minimum absolute atomic E-state index is 0.0499. The number of likely N-dealkylation sites (tertiary alicyclic amines) is 1. The van der Waals surface area contributed by atoms with Gasteiger partial charge in [-0.2, -0.15) is 0 Å². The Morgan fingerprint density at radius 1 is 1.00 bits per heavy atom. The molecule has 2 atom stereocenters. The Bertz CT molecular complexity index is 1460. The molecule has 0 radical (unpaired) electrons. The number of para-hydroxylation sites is 1. The first-order valence-electron chi connectivity index (χ1n) is 14.3. The van der Waals surface area contributed by atoms with Crippen molar-refractivity contribution in [1.82, 2.24) is 4.90 Å². The normalized spacial score (nSPS) is 22.0. The third-order valence-electron chi connectivity index (χ3n) is 7.99. The number of benzene rings is 3. The molecule has 3 aliphatic heterocycles. The van der Waals surface area contributed by atoms with Crippen molar-refractivity contribution in [3.63, 3.8) is 0 Å². The van der Waals surface area contributed by atoms with Gasteiger partial charge in [0, 0.05) is 24.9 Å². The van der Waals surface area contributed by atoms with Gasteiger partial charge in [0.2, 0.25) is 0 Å². The molecule has 0 bridgehead atoms. The lowest BCUT2D eigenvalue weighted by Gasteiger charge is -2.28. The van der Waals surface area contributed by atoms with Gasteiger partial charge < -0.3 is 29.1 Å². The predicted octanol–water partition coefficient (Wildman–Crippen LogP) is 3.53. The van der Waals surface area contributed by atoms with Gasteiger partial charge in [0.25, 0.3) is 11.7 Å². The molecule has 2 fully saturated rings. The van der Waals surface area contributed by atoms with Crippen LogP contribution in [0.3, 0.4) is 0 Å². The van der Waals surface area contributed by atoms with Crippen LogP contribution in [0.4, 0.5) is 0 Å². The van der Waals surface area contributed by atoms with Crippen LogP contribution in [0.1, 0.15) is 36.1 Å². The molecule has 1 amide bonds. The van der Waals surface area contributed by atoms with Crippen molar-refractivity contribution in [2.75, 3.05) is 39.4 Å². The minimum atomic E-state index is -0.738. The lowest BCUT2D eigenvalue weighted by molar-refractivity contribution is -0.908. The van der Waals surface area contributed by atoms with Crippen LogP contribution in [0.15, 0.2) is 78.4 Å². The van der Waals surface area contributed by atoms with Crippen LogP contribution in [0.5, 0.6) is 17.2 Å². The van der Waals surface area contributed by atoms with Gasteiger partial charge >= 0.3 is 0 Å². The molecule has 3 heterocycles. The summed E-state index contributed by atoms with van der Waals surface area (Å²) in [5, 5.41) is 11.6. The fraction of sp³-hybridized carbons (Fsp3) is 0.333. The van der Waals surface area contributed by atoms with Gasteiger partial charge in [-0.25, -0.2) is 0 Å². The third kappa shape index (κ3) is 5.71. The zero-order valence-electron chi connectivity index (χ0n) is 23.2. The second kappa shape index (κ2) is 11.8. The maximum absolute atomic E-state index is 13.6. The van der Waals surface area contributed by atoms with E-state index in [9.17, 15) is 14.7 Å². The van der Waals surface area contributed by atoms with Crippen molar-refractivity contribution in [1.29, 1.82) is 0 Å². The second-order valence-corrected chi connectivity index (χ2v) is 10.9. The van der Waals surface area contributed by atoms with E-state index < -0.39 is 17.7 Å². The number of rotatable bonds is 8. The van der Waals surface area contributed by atoms with Crippen molar-refractivity contribution in [2.45, 2.75) is 31.9 Å². The summed E-state index contributed by atoms with van der Waals surface area (Å²) in [6.45, 7) is 6.60. The number of nitrogens with zero attached hydrogens (tertiary/aromatic N) is 1. The summed E-state index contributed by atoms with van der Waals surface area (Å²) >= 11 is 0. The molecule has 0 saturated carbocycles. The number of ketones is 1. The monoisotopic (exact) mass is 555 g/mol. The van der Waals surface area contributed by atoms with Gasteiger partial charge in [0.05, 0.1) is 31.4 Å². The lowest BCUT2D eigenvalue weighted by Crippen LogP contribution is -3.14. The van der Waals surface area contributed by atoms with Crippen LogP contribution in [-0.2, 0) is 20.7 Å². The zero-order valence-corrected chi connectivity index (χ0v) is 23.2. The maximum atomic E-state index is 13.6. The minimum Gasteiger partial charge on any atom is -0.507 e. The molecule has 0 aliphatic carbocycles. The lowest BCUT2D eigenvalue weighted by atomic mass is 9.94. The highest BCUT2D eigenvalue weighted by atomic mass is 16.5. The molecule has 3 aromatic carbocycles. The summed E-state index contributed by atoms with van der Waals surface area (Å²) < 4.78 is 17.4. The SMILES string of the molecule is C[C@H]1Cc2cc(C(O)=C3C(=O)C(=O)N(CCC[NH+]4CCOCC4)[C@H]3c3cccc(Oc4ccccc4)c3)ccc2O1. The van der Waals surface area contributed by atoms with Crippen LogP contribution in [0.2, 0.25) is 0 Å². The van der Waals surface area contributed by atoms with Crippen molar-refractivity contribution in [3.8, 4) is 17.2 Å². The molecule has 6 rings (SSSR count). The fourth-order valence-corrected chi connectivity index (χ4v) is 5.96. The Labute approximate surface area is 239 Å². The molecule has 3 aliphatic rings. The van der Waals surface area contributed by atoms with Crippen LogP contribution < -0.4 is 14.4 Å². The molecule has 41 heavy (non-hydrogen) atoms. The van der Waals surface area contributed by atoms with E-state index in [4.69, 9.17) is 14.2 Å². The van der Waals surface area contributed by atoms with E-state index in [2.05, 4.69) is 0 Å². The number of carbonyl (C=O) groups is 2. The number of hydrogen-bond donors (Lipinski definition) is 2. The number of quaternary nitrogens is 1. The summed E-state index contributed by atoms with van der Waals surface area (Å²) in [5.74, 6) is 0.600. The molecular formula is C33H35N2O6+. The van der Waals surface area contributed by atoms with E-state index >= 15 is 0 Å². The standard InChI is InChI=1S/C33H34N2O6/c1-22-19-25-20-24(11-12-28(25)40-22)31(36)29-30(23-7-5-10-27(21-23)41-26-8-3-2-4-9-26)35(33(38)32(29)37)14-6-13-34-15-17-39-18-16-34/h2-5,7-12,20-22,30,36H,6,13-19H2,1H3/p+1/t22-,30-/m0/s1. The number of aliphatic hydroxyl groups is 1. The molecule has 0 spiro atoms. The molecule has 0 unspecified atom stereocenters. The number of hydrogen-bond acceptors (Lipinski definition) is 6. The van der Waals surface area contributed by atoms with E-state index in [1.54, 1.807) is 11.0 Å². The molecule has 212 valence electrons. The van der Waals surface area contributed by atoms with Gasteiger partial charge in [0.1, 0.15) is 42.2 Å². The molecule has 0 aromatic heterocycles.